The van der Waals surface area contributed by atoms with Crippen molar-refractivity contribution in [3.8, 4) is 5.75 Å². The van der Waals surface area contributed by atoms with Crippen LogP contribution < -0.4 is 20.9 Å². The van der Waals surface area contributed by atoms with Crippen LogP contribution in [0.1, 0.15) is 31.4 Å². The number of ether oxygens (including phenoxy) is 1. The molecule has 6 heteroatoms. The summed E-state index contributed by atoms with van der Waals surface area (Å²) in [6.45, 7) is 8.56. The Morgan fingerprint density at radius 2 is 1.95 bits per heavy atom. The highest BCUT2D eigenvalue weighted by atomic mass is 32.1. The molecule has 0 unspecified atom stereocenters. The molecule has 1 amide bonds. The summed E-state index contributed by atoms with van der Waals surface area (Å²) in [7, 11) is 0. The predicted octanol–water partition coefficient (Wildman–Crippen LogP) is 1.98. The standard InChI is InChI=1S/C15H23N3O2S/c1-5-13(14(19)17-18-15(21)16-6-2)20-12-8-7-10(3)11(4)9-12/h7-9,13H,5-6H2,1-4H3,(H,17,19)(H2,16,18,21)/t13-/m1/s1. The van der Waals surface area contributed by atoms with Crippen molar-refractivity contribution in [3.05, 3.63) is 29.3 Å². The van der Waals surface area contributed by atoms with E-state index in [4.69, 9.17) is 17.0 Å². The summed E-state index contributed by atoms with van der Waals surface area (Å²) in [4.78, 5) is 12.1. The zero-order chi connectivity index (χ0) is 15.8. The van der Waals surface area contributed by atoms with Gasteiger partial charge in [0.25, 0.3) is 5.91 Å². The van der Waals surface area contributed by atoms with E-state index < -0.39 is 6.10 Å². The second kappa shape index (κ2) is 8.46. The van der Waals surface area contributed by atoms with Crippen molar-refractivity contribution in [1.82, 2.24) is 16.2 Å². The molecular formula is C15H23N3O2S. The average molecular weight is 309 g/mol. The molecule has 0 saturated heterocycles. The van der Waals surface area contributed by atoms with Crippen molar-refractivity contribution in [2.24, 2.45) is 0 Å². The number of hydrogen-bond acceptors (Lipinski definition) is 3. The summed E-state index contributed by atoms with van der Waals surface area (Å²) >= 11 is 4.98. The molecule has 1 atom stereocenters. The SMILES string of the molecule is CCNC(=S)NNC(=O)[C@@H](CC)Oc1ccc(C)c(C)c1. The fourth-order valence-corrected chi connectivity index (χ4v) is 1.87. The number of amides is 1. The van der Waals surface area contributed by atoms with E-state index in [1.54, 1.807) is 0 Å². The lowest BCUT2D eigenvalue weighted by molar-refractivity contribution is -0.128. The third kappa shape index (κ3) is 5.59. The van der Waals surface area contributed by atoms with Crippen LogP contribution in [0.15, 0.2) is 18.2 Å². The molecule has 5 nitrogen and oxygen atoms in total. The molecule has 0 fully saturated rings. The van der Waals surface area contributed by atoms with Crippen LogP contribution in [-0.2, 0) is 4.79 Å². The third-order valence-corrected chi connectivity index (χ3v) is 3.30. The van der Waals surface area contributed by atoms with Crippen molar-refractivity contribution in [1.29, 1.82) is 0 Å². The van der Waals surface area contributed by atoms with Crippen molar-refractivity contribution in [2.45, 2.75) is 40.2 Å². The fourth-order valence-electron chi connectivity index (χ4n) is 1.68. The molecule has 0 saturated carbocycles. The van der Waals surface area contributed by atoms with Gasteiger partial charge in [-0.25, -0.2) is 0 Å². The van der Waals surface area contributed by atoms with Gasteiger partial charge in [0.05, 0.1) is 0 Å². The second-order valence-electron chi connectivity index (χ2n) is 4.73. The summed E-state index contributed by atoms with van der Waals surface area (Å²) in [6, 6.07) is 5.78. The highest BCUT2D eigenvalue weighted by molar-refractivity contribution is 7.80. The van der Waals surface area contributed by atoms with Crippen LogP contribution in [-0.4, -0.2) is 23.7 Å². The fraction of sp³-hybridized carbons (Fsp3) is 0.467. The number of rotatable bonds is 5. The monoisotopic (exact) mass is 309 g/mol. The Bertz CT molecular complexity index is 506. The van der Waals surface area contributed by atoms with E-state index in [9.17, 15) is 4.79 Å². The van der Waals surface area contributed by atoms with E-state index in [-0.39, 0.29) is 5.91 Å². The zero-order valence-electron chi connectivity index (χ0n) is 12.9. The van der Waals surface area contributed by atoms with Crippen LogP contribution >= 0.6 is 12.2 Å². The van der Waals surface area contributed by atoms with Crippen LogP contribution in [0.5, 0.6) is 5.75 Å². The molecule has 0 aliphatic carbocycles. The normalized spacial score (nSPS) is 11.4. The van der Waals surface area contributed by atoms with Crippen LogP contribution in [0.3, 0.4) is 0 Å². The van der Waals surface area contributed by atoms with Crippen molar-refractivity contribution in [2.75, 3.05) is 6.54 Å². The molecule has 1 aromatic carbocycles. The summed E-state index contributed by atoms with van der Waals surface area (Å²) < 4.78 is 5.74. The van der Waals surface area contributed by atoms with E-state index >= 15 is 0 Å². The van der Waals surface area contributed by atoms with Gasteiger partial charge in [0.15, 0.2) is 11.2 Å². The van der Waals surface area contributed by atoms with Gasteiger partial charge in [0.2, 0.25) is 0 Å². The summed E-state index contributed by atoms with van der Waals surface area (Å²) in [5.41, 5.74) is 7.52. The highest BCUT2D eigenvalue weighted by Gasteiger charge is 2.18. The molecule has 0 aliphatic heterocycles. The zero-order valence-corrected chi connectivity index (χ0v) is 13.8. The van der Waals surface area contributed by atoms with Crippen LogP contribution in [0.4, 0.5) is 0 Å². The van der Waals surface area contributed by atoms with E-state index in [1.807, 2.05) is 45.9 Å². The Labute approximate surface area is 131 Å². The summed E-state index contributed by atoms with van der Waals surface area (Å²) in [5.74, 6) is 0.436. The summed E-state index contributed by atoms with van der Waals surface area (Å²) in [6.07, 6.45) is -0.00182. The number of carbonyl (C=O) groups excluding carboxylic acids is 1. The minimum absolute atomic E-state index is 0.254. The average Bonchev–Trinajstić information content (AvgIpc) is 2.46. The lowest BCUT2D eigenvalue weighted by Gasteiger charge is -2.19. The number of benzene rings is 1. The second-order valence-corrected chi connectivity index (χ2v) is 5.14. The number of thiocarbonyl (C=S) groups is 1. The Hall–Kier alpha value is -1.82. The number of nitrogens with one attached hydrogen (secondary N) is 3. The molecule has 21 heavy (non-hydrogen) atoms. The Morgan fingerprint density at radius 1 is 1.24 bits per heavy atom. The topological polar surface area (TPSA) is 62.4 Å². The van der Waals surface area contributed by atoms with Crippen molar-refractivity contribution < 1.29 is 9.53 Å². The molecular weight excluding hydrogens is 286 g/mol. The number of carbonyl (C=O) groups is 1. The predicted molar refractivity (Wildman–Crippen MR) is 88.2 cm³/mol. The highest BCUT2D eigenvalue weighted by Crippen LogP contribution is 2.18. The lowest BCUT2D eigenvalue weighted by atomic mass is 10.1. The quantitative estimate of drug-likeness (QED) is 0.573. The van der Waals surface area contributed by atoms with Crippen molar-refractivity contribution >= 4 is 23.2 Å². The molecule has 0 aliphatic rings. The van der Waals surface area contributed by atoms with Gasteiger partial charge in [-0.1, -0.05) is 13.0 Å². The number of hydrogen-bond donors (Lipinski definition) is 3. The Balaban J connectivity index is 2.59. The molecule has 0 radical (unpaired) electrons. The molecule has 0 spiro atoms. The lowest BCUT2D eigenvalue weighted by Crippen LogP contribution is -2.51. The maximum absolute atomic E-state index is 12.1. The third-order valence-electron chi connectivity index (χ3n) is 3.06. The molecule has 0 bridgehead atoms. The van der Waals surface area contributed by atoms with E-state index in [2.05, 4.69) is 16.2 Å². The summed E-state index contributed by atoms with van der Waals surface area (Å²) in [5, 5.41) is 3.27. The molecule has 3 N–H and O–H groups in total. The van der Waals surface area contributed by atoms with Gasteiger partial charge >= 0.3 is 0 Å². The Morgan fingerprint density at radius 3 is 2.52 bits per heavy atom. The maximum atomic E-state index is 12.1. The largest absolute Gasteiger partial charge is 0.481 e. The first kappa shape index (κ1) is 17.2. The molecule has 0 heterocycles. The first-order valence-corrected chi connectivity index (χ1v) is 7.46. The van der Waals surface area contributed by atoms with Crippen molar-refractivity contribution in [3.63, 3.8) is 0 Å². The van der Waals surface area contributed by atoms with E-state index in [1.165, 1.54) is 5.56 Å². The van der Waals surface area contributed by atoms with Gasteiger partial charge < -0.3 is 10.1 Å². The van der Waals surface area contributed by atoms with E-state index in [0.29, 0.717) is 23.8 Å². The van der Waals surface area contributed by atoms with E-state index in [0.717, 1.165) is 5.56 Å². The first-order chi connectivity index (χ1) is 9.97. The van der Waals surface area contributed by atoms with Gasteiger partial charge in [-0.3, -0.25) is 15.6 Å². The molecule has 1 aromatic rings. The smallest absolute Gasteiger partial charge is 0.279 e. The van der Waals surface area contributed by atoms with Gasteiger partial charge in [-0.15, -0.1) is 0 Å². The van der Waals surface area contributed by atoms with Gasteiger partial charge in [-0.05, 0) is 62.7 Å². The van der Waals surface area contributed by atoms with Crippen LogP contribution in [0, 0.1) is 13.8 Å². The van der Waals surface area contributed by atoms with Crippen LogP contribution in [0.25, 0.3) is 0 Å². The number of hydrazine groups is 1. The van der Waals surface area contributed by atoms with Gasteiger partial charge in [0.1, 0.15) is 5.75 Å². The molecule has 116 valence electrons. The van der Waals surface area contributed by atoms with Gasteiger partial charge in [-0.2, -0.15) is 0 Å². The first-order valence-electron chi connectivity index (χ1n) is 7.05. The van der Waals surface area contributed by atoms with Crippen LogP contribution in [0.2, 0.25) is 0 Å². The minimum atomic E-state index is -0.566. The van der Waals surface area contributed by atoms with Gasteiger partial charge in [0, 0.05) is 6.54 Å². The maximum Gasteiger partial charge on any atom is 0.279 e. The molecule has 1 rings (SSSR count). The molecule has 0 aromatic heterocycles. The minimum Gasteiger partial charge on any atom is -0.481 e. The Kier molecular flexibility index (Phi) is 6.94. The number of aryl methyl sites for hydroxylation is 2.